The molecular formula is C12H17NO2. The molecule has 0 spiro atoms. The smallest absolute Gasteiger partial charge is 0.162 e. The van der Waals surface area contributed by atoms with Gasteiger partial charge in [-0.2, -0.15) is 0 Å². The molecule has 1 fully saturated rings. The molecular weight excluding hydrogens is 190 g/mol. The monoisotopic (exact) mass is 207 g/mol. The third-order valence-electron chi connectivity index (χ3n) is 3.89. The minimum Gasteiger partial charge on any atom is -0.477 e. The van der Waals surface area contributed by atoms with E-state index < -0.39 is 5.72 Å². The molecule has 1 aliphatic heterocycles. The SMILES string of the molecule is N[C@@]12CCC[C@H](C1)C1=C(CCCC1=O)O2. The van der Waals surface area contributed by atoms with Crippen molar-refractivity contribution in [2.24, 2.45) is 11.7 Å². The summed E-state index contributed by atoms with van der Waals surface area (Å²) in [6, 6.07) is 0. The number of hydrogen-bond acceptors (Lipinski definition) is 3. The van der Waals surface area contributed by atoms with E-state index in [4.69, 9.17) is 10.5 Å². The largest absolute Gasteiger partial charge is 0.477 e. The summed E-state index contributed by atoms with van der Waals surface area (Å²) in [4.78, 5) is 11.9. The molecule has 15 heavy (non-hydrogen) atoms. The molecule has 3 aliphatic rings. The van der Waals surface area contributed by atoms with E-state index in [9.17, 15) is 4.79 Å². The average Bonchev–Trinajstić information content (AvgIpc) is 2.16. The maximum Gasteiger partial charge on any atom is 0.162 e. The van der Waals surface area contributed by atoms with Crippen LogP contribution in [0.2, 0.25) is 0 Å². The van der Waals surface area contributed by atoms with Gasteiger partial charge in [0.1, 0.15) is 5.76 Å². The van der Waals surface area contributed by atoms with Gasteiger partial charge in [-0.1, -0.05) is 0 Å². The summed E-state index contributed by atoms with van der Waals surface area (Å²) < 4.78 is 5.86. The molecule has 0 aromatic heterocycles. The molecule has 3 heteroatoms. The number of hydrogen-bond donors (Lipinski definition) is 1. The Morgan fingerprint density at radius 2 is 2.20 bits per heavy atom. The topological polar surface area (TPSA) is 52.3 Å². The number of rotatable bonds is 0. The highest BCUT2D eigenvalue weighted by molar-refractivity contribution is 5.97. The molecule has 0 aromatic rings. The lowest BCUT2D eigenvalue weighted by molar-refractivity contribution is -0.121. The van der Waals surface area contributed by atoms with Gasteiger partial charge in [-0.05, 0) is 25.2 Å². The van der Waals surface area contributed by atoms with Gasteiger partial charge < -0.3 is 4.74 Å². The summed E-state index contributed by atoms with van der Waals surface area (Å²) in [5.41, 5.74) is 6.71. The summed E-state index contributed by atoms with van der Waals surface area (Å²) in [5.74, 6) is 1.62. The molecule has 0 radical (unpaired) electrons. The van der Waals surface area contributed by atoms with E-state index in [1.807, 2.05) is 0 Å². The predicted molar refractivity (Wildman–Crippen MR) is 55.8 cm³/mol. The summed E-state index contributed by atoms with van der Waals surface area (Å²) in [6.45, 7) is 0. The highest BCUT2D eigenvalue weighted by Crippen LogP contribution is 2.45. The number of Topliss-reactive ketones (excluding diaryl/α,β-unsaturated/α-hetero) is 1. The lowest BCUT2D eigenvalue weighted by atomic mass is 9.73. The van der Waals surface area contributed by atoms with Crippen molar-refractivity contribution < 1.29 is 9.53 Å². The fraction of sp³-hybridized carbons (Fsp3) is 0.750. The van der Waals surface area contributed by atoms with Crippen molar-refractivity contribution in [3.8, 4) is 0 Å². The number of carbonyl (C=O) groups is 1. The molecule has 1 saturated carbocycles. The number of carbonyl (C=O) groups excluding carboxylic acids is 1. The van der Waals surface area contributed by atoms with Crippen LogP contribution in [0.25, 0.3) is 0 Å². The number of fused-ring (bicyclic) bond motifs is 3. The van der Waals surface area contributed by atoms with Gasteiger partial charge in [0.2, 0.25) is 0 Å². The average molecular weight is 207 g/mol. The fourth-order valence-electron chi connectivity index (χ4n) is 3.25. The Morgan fingerprint density at radius 3 is 3.07 bits per heavy atom. The Bertz CT molecular complexity index is 348. The van der Waals surface area contributed by atoms with Crippen molar-refractivity contribution >= 4 is 5.78 Å². The van der Waals surface area contributed by atoms with E-state index in [0.717, 1.165) is 49.9 Å². The lowest BCUT2D eigenvalue weighted by Crippen LogP contribution is -2.51. The first-order valence-corrected chi connectivity index (χ1v) is 5.92. The first-order valence-electron chi connectivity index (χ1n) is 5.92. The number of nitrogens with two attached hydrogens (primary N) is 1. The molecule has 2 atom stereocenters. The molecule has 3 rings (SSSR count). The zero-order valence-corrected chi connectivity index (χ0v) is 8.92. The second-order valence-corrected chi connectivity index (χ2v) is 5.07. The van der Waals surface area contributed by atoms with E-state index in [2.05, 4.69) is 0 Å². The van der Waals surface area contributed by atoms with Crippen molar-refractivity contribution in [2.75, 3.05) is 0 Å². The Morgan fingerprint density at radius 1 is 1.33 bits per heavy atom. The quantitative estimate of drug-likeness (QED) is 0.659. The van der Waals surface area contributed by atoms with Crippen molar-refractivity contribution in [1.29, 1.82) is 0 Å². The van der Waals surface area contributed by atoms with Gasteiger partial charge in [-0.25, -0.2) is 0 Å². The van der Waals surface area contributed by atoms with E-state index in [-0.39, 0.29) is 0 Å². The van der Waals surface area contributed by atoms with Gasteiger partial charge in [0, 0.05) is 31.3 Å². The molecule has 2 bridgehead atoms. The summed E-state index contributed by atoms with van der Waals surface area (Å²) >= 11 is 0. The third kappa shape index (κ3) is 1.41. The lowest BCUT2D eigenvalue weighted by Gasteiger charge is -2.45. The van der Waals surface area contributed by atoms with Crippen LogP contribution in [-0.4, -0.2) is 11.5 Å². The van der Waals surface area contributed by atoms with Gasteiger partial charge in [-0.15, -0.1) is 0 Å². The summed E-state index contributed by atoms with van der Waals surface area (Å²) in [7, 11) is 0. The molecule has 0 saturated heterocycles. The van der Waals surface area contributed by atoms with Crippen LogP contribution in [0, 0.1) is 5.92 Å². The van der Waals surface area contributed by atoms with Gasteiger partial charge >= 0.3 is 0 Å². The number of ether oxygens (including phenoxy) is 1. The van der Waals surface area contributed by atoms with Gasteiger partial charge in [0.15, 0.2) is 11.5 Å². The van der Waals surface area contributed by atoms with E-state index in [1.54, 1.807) is 0 Å². The third-order valence-corrected chi connectivity index (χ3v) is 3.89. The van der Waals surface area contributed by atoms with Crippen molar-refractivity contribution in [2.45, 2.75) is 50.7 Å². The Kier molecular flexibility index (Phi) is 1.93. The molecule has 2 N–H and O–H groups in total. The van der Waals surface area contributed by atoms with Crippen molar-refractivity contribution in [3.63, 3.8) is 0 Å². The molecule has 3 nitrogen and oxygen atoms in total. The number of ketones is 1. The zero-order valence-electron chi connectivity index (χ0n) is 8.92. The summed E-state index contributed by atoms with van der Waals surface area (Å²) in [5, 5.41) is 0. The summed E-state index contributed by atoms with van der Waals surface area (Å²) in [6.07, 6.45) is 6.54. The van der Waals surface area contributed by atoms with Crippen LogP contribution in [0.5, 0.6) is 0 Å². The molecule has 2 aliphatic carbocycles. The first kappa shape index (κ1) is 9.40. The Hall–Kier alpha value is -0.830. The van der Waals surface area contributed by atoms with E-state index in [0.29, 0.717) is 18.1 Å². The van der Waals surface area contributed by atoms with Crippen LogP contribution in [0.4, 0.5) is 0 Å². The maximum atomic E-state index is 11.9. The second-order valence-electron chi connectivity index (χ2n) is 5.07. The minimum atomic E-state index is -0.459. The highest BCUT2D eigenvalue weighted by Gasteiger charge is 2.44. The first-order chi connectivity index (χ1) is 7.18. The Labute approximate surface area is 89.7 Å². The molecule has 0 unspecified atom stereocenters. The maximum absolute atomic E-state index is 11.9. The molecule has 0 aromatic carbocycles. The Balaban J connectivity index is 2.02. The fourth-order valence-corrected chi connectivity index (χ4v) is 3.25. The van der Waals surface area contributed by atoms with Crippen molar-refractivity contribution in [1.82, 2.24) is 0 Å². The van der Waals surface area contributed by atoms with Gasteiger partial charge in [0.25, 0.3) is 0 Å². The second kappa shape index (κ2) is 3.08. The van der Waals surface area contributed by atoms with E-state index >= 15 is 0 Å². The van der Waals surface area contributed by atoms with Crippen LogP contribution in [0.1, 0.15) is 44.9 Å². The van der Waals surface area contributed by atoms with Gasteiger partial charge in [-0.3, -0.25) is 10.5 Å². The van der Waals surface area contributed by atoms with Crippen LogP contribution >= 0.6 is 0 Å². The van der Waals surface area contributed by atoms with Crippen LogP contribution < -0.4 is 5.73 Å². The normalized spacial score (nSPS) is 39.8. The van der Waals surface area contributed by atoms with Gasteiger partial charge in [0.05, 0.1) is 0 Å². The van der Waals surface area contributed by atoms with Crippen LogP contribution in [-0.2, 0) is 9.53 Å². The predicted octanol–water partition coefficient (Wildman–Crippen LogP) is 1.87. The van der Waals surface area contributed by atoms with E-state index in [1.165, 1.54) is 0 Å². The van der Waals surface area contributed by atoms with Crippen LogP contribution in [0.3, 0.4) is 0 Å². The molecule has 0 amide bonds. The molecule has 1 heterocycles. The van der Waals surface area contributed by atoms with Crippen LogP contribution in [0.15, 0.2) is 11.3 Å². The standard InChI is InChI=1S/C12H17NO2/c13-12-6-2-3-8(7-12)11-9(14)4-1-5-10(11)15-12/h8H,1-7,13H2/t8-,12-/m1/s1. The number of allylic oxidation sites excluding steroid dienone is 2. The minimum absolute atomic E-state index is 0.310. The van der Waals surface area contributed by atoms with Crippen molar-refractivity contribution in [3.05, 3.63) is 11.3 Å². The highest BCUT2D eigenvalue weighted by atomic mass is 16.5. The zero-order chi connectivity index (χ0) is 10.5. The molecule has 82 valence electrons.